The maximum absolute atomic E-state index is 13.2. The van der Waals surface area contributed by atoms with Crippen molar-refractivity contribution in [3.8, 4) is 16.9 Å². The number of nitrogens with one attached hydrogen (secondary N) is 1. The Balaban J connectivity index is 1.40. The minimum Gasteiger partial charge on any atom is -0.505 e. The van der Waals surface area contributed by atoms with Gasteiger partial charge in [-0.05, 0) is 61.1 Å². The van der Waals surface area contributed by atoms with Crippen LogP contribution in [-0.4, -0.2) is 45.0 Å². The molecule has 0 bridgehead atoms. The van der Waals surface area contributed by atoms with Gasteiger partial charge in [0.1, 0.15) is 0 Å². The Kier molecular flexibility index (Phi) is 6.55. The number of rotatable bonds is 6. The first kappa shape index (κ1) is 24.9. The molecule has 38 heavy (non-hydrogen) atoms. The third kappa shape index (κ3) is 4.87. The zero-order valence-corrected chi connectivity index (χ0v) is 22.0. The number of aromatic nitrogens is 3. The molecule has 1 saturated heterocycles. The van der Waals surface area contributed by atoms with Crippen LogP contribution in [0, 0.1) is 5.92 Å². The van der Waals surface area contributed by atoms with Crippen molar-refractivity contribution in [1.82, 2.24) is 15.0 Å². The van der Waals surface area contributed by atoms with Gasteiger partial charge in [-0.25, -0.2) is 9.97 Å². The van der Waals surface area contributed by atoms with E-state index in [1.807, 2.05) is 18.2 Å². The Hall–Kier alpha value is -3.46. The third-order valence-corrected chi connectivity index (χ3v) is 7.74. The van der Waals surface area contributed by atoms with Crippen LogP contribution in [0.4, 0.5) is 17.3 Å². The van der Waals surface area contributed by atoms with Crippen molar-refractivity contribution in [3.05, 3.63) is 64.5 Å². The van der Waals surface area contributed by atoms with E-state index in [4.69, 9.17) is 28.9 Å². The predicted molar refractivity (Wildman–Crippen MR) is 151 cm³/mol. The lowest BCUT2D eigenvalue weighted by Gasteiger charge is -2.30. The summed E-state index contributed by atoms with van der Waals surface area (Å²) < 4.78 is 0. The number of hydrogen-bond acceptors (Lipinski definition) is 8. The number of hydrogen-bond donors (Lipinski definition) is 3. The number of pyridine rings is 1. The number of benzene rings is 2. The number of nitrogens with zero attached hydrogens (tertiary/aromatic N) is 4. The Morgan fingerprint density at radius 3 is 2.29 bits per heavy atom. The maximum Gasteiger partial charge on any atom is 0.225 e. The van der Waals surface area contributed by atoms with Crippen molar-refractivity contribution < 1.29 is 9.90 Å². The standard InChI is InChI=1S/C28H26Cl2N6O2/c29-22-10-17(11-23(30)27(22)38)16-3-4-24-20(9-16)25(21(14-32-24)26(37)15-1-2-15)35-19-12-33-28(34-13-19)36-7-5-18(31)6-8-36/h3-4,9-15,18,38H,1-2,5-8,31H2,(H,32,35). The summed E-state index contributed by atoms with van der Waals surface area (Å²) in [6.07, 6.45) is 8.72. The van der Waals surface area contributed by atoms with E-state index in [-0.39, 0.29) is 33.5 Å². The molecular formula is C28H26Cl2N6O2. The molecule has 0 radical (unpaired) electrons. The molecule has 2 aromatic carbocycles. The summed E-state index contributed by atoms with van der Waals surface area (Å²) in [6.45, 7) is 1.66. The number of Topliss-reactive ketones (excluding diaryl/α,β-unsaturated/α-hetero) is 1. The summed E-state index contributed by atoms with van der Waals surface area (Å²) in [7, 11) is 0. The van der Waals surface area contributed by atoms with Crippen molar-refractivity contribution in [3.63, 3.8) is 0 Å². The summed E-state index contributed by atoms with van der Waals surface area (Å²) in [5.41, 5.74) is 10.2. The molecule has 1 aliphatic carbocycles. The van der Waals surface area contributed by atoms with Crippen LogP contribution in [0.2, 0.25) is 10.0 Å². The van der Waals surface area contributed by atoms with Crippen molar-refractivity contribution >= 4 is 57.2 Å². The van der Waals surface area contributed by atoms with E-state index in [0.717, 1.165) is 60.8 Å². The smallest absolute Gasteiger partial charge is 0.225 e. The SMILES string of the molecule is NC1CCN(c2ncc(Nc3c(C(=O)C4CC4)cnc4ccc(-c5cc(Cl)c(O)c(Cl)c5)cc34)cn2)CC1. The first-order chi connectivity index (χ1) is 18.4. The third-order valence-electron chi connectivity index (χ3n) is 7.16. The summed E-state index contributed by atoms with van der Waals surface area (Å²) in [5, 5.41) is 14.5. The number of piperidine rings is 1. The van der Waals surface area contributed by atoms with Gasteiger partial charge < -0.3 is 21.1 Å². The average Bonchev–Trinajstić information content (AvgIpc) is 3.78. The number of phenolic OH excluding ortho intramolecular Hbond substituents is 1. The predicted octanol–water partition coefficient (Wildman–Crippen LogP) is 5.97. The largest absolute Gasteiger partial charge is 0.505 e. The van der Waals surface area contributed by atoms with Crippen LogP contribution in [-0.2, 0) is 0 Å². The highest BCUT2D eigenvalue weighted by molar-refractivity contribution is 6.37. The van der Waals surface area contributed by atoms with E-state index in [9.17, 15) is 9.90 Å². The molecule has 194 valence electrons. The highest BCUT2D eigenvalue weighted by Crippen LogP contribution is 2.40. The van der Waals surface area contributed by atoms with E-state index in [1.54, 1.807) is 30.7 Å². The zero-order valence-electron chi connectivity index (χ0n) is 20.5. The average molecular weight is 549 g/mol. The molecule has 3 heterocycles. The Bertz CT molecular complexity index is 1510. The van der Waals surface area contributed by atoms with Gasteiger partial charge in [0.2, 0.25) is 5.95 Å². The highest BCUT2D eigenvalue weighted by atomic mass is 35.5. The quantitative estimate of drug-likeness (QED) is 0.252. The summed E-state index contributed by atoms with van der Waals surface area (Å²) in [4.78, 5) is 29.1. The fraction of sp³-hybridized carbons (Fsp3) is 0.286. The van der Waals surface area contributed by atoms with Gasteiger partial charge in [-0.1, -0.05) is 29.3 Å². The van der Waals surface area contributed by atoms with E-state index < -0.39 is 0 Å². The molecule has 0 spiro atoms. The fourth-order valence-electron chi connectivity index (χ4n) is 4.78. The molecule has 1 aliphatic heterocycles. The molecule has 2 fully saturated rings. The number of halogens is 2. The van der Waals surface area contributed by atoms with Crippen molar-refractivity contribution in [2.24, 2.45) is 11.7 Å². The molecule has 0 unspecified atom stereocenters. The Morgan fingerprint density at radius 1 is 0.947 bits per heavy atom. The summed E-state index contributed by atoms with van der Waals surface area (Å²) >= 11 is 12.4. The van der Waals surface area contributed by atoms with Gasteiger partial charge in [0.15, 0.2) is 11.5 Å². The number of carbonyl (C=O) groups is 1. The molecule has 10 heteroatoms. The topological polar surface area (TPSA) is 117 Å². The van der Waals surface area contributed by atoms with Gasteiger partial charge in [-0.2, -0.15) is 0 Å². The van der Waals surface area contributed by atoms with E-state index in [1.165, 1.54) is 0 Å². The molecular weight excluding hydrogens is 523 g/mol. The molecule has 2 aliphatic rings. The minimum atomic E-state index is -0.157. The van der Waals surface area contributed by atoms with E-state index in [0.29, 0.717) is 22.9 Å². The maximum atomic E-state index is 13.2. The molecule has 6 rings (SSSR count). The highest BCUT2D eigenvalue weighted by Gasteiger charge is 2.32. The van der Waals surface area contributed by atoms with E-state index >= 15 is 0 Å². The number of anilines is 3. The molecule has 4 aromatic rings. The second kappa shape index (κ2) is 10.0. The Morgan fingerprint density at radius 2 is 1.63 bits per heavy atom. The zero-order chi connectivity index (χ0) is 26.4. The van der Waals surface area contributed by atoms with Crippen molar-refractivity contribution in [1.29, 1.82) is 0 Å². The lowest BCUT2D eigenvalue weighted by molar-refractivity contribution is 0.0968. The molecule has 2 aromatic heterocycles. The summed E-state index contributed by atoms with van der Waals surface area (Å²) in [6, 6.07) is 9.28. The van der Waals surface area contributed by atoms with Crippen LogP contribution >= 0.6 is 23.2 Å². The number of nitrogens with two attached hydrogens (primary N) is 1. The number of carbonyl (C=O) groups excluding carboxylic acids is 1. The van der Waals surface area contributed by atoms with Crippen LogP contribution in [0.15, 0.2) is 48.9 Å². The number of fused-ring (bicyclic) bond motifs is 1. The van der Waals surface area contributed by atoms with E-state index in [2.05, 4.69) is 25.2 Å². The van der Waals surface area contributed by atoms with Crippen LogP contribution in [0.5, 0.6) is 5.75 Å². The van der Waals surface area contributed by atoms with Gasteiger partial charge >= 0.3 is 0 Å². The van der Waals surface area contributed by atoms with Crippen LogP contribution < -0.4 is 16.0 Å². The van der Waals surface area contributed by atoms with Crippen molar-refractivity contribution in [2.45, 2.75) is 31.7 Å². The molecule has 8 nitrogen and oxygen atoms in total. The summed E-state index contributed by atoms with van der Waals surface area (Å²) in [5.74, 6) is 0.608. The van der Waals surface area contributed by atoms with Gasteiger partial charge in [-0.15, -0.1) is 0 Å². The molecule has 0 amide bonds. The van der Waals surface area contributed by atoms with Gasteiger partial charge in [0.25, 0.3) is 0 Å². The lowest BCUT2D eigenvalue weighted by atomic mass is 9.99. The van der Waals surface area contributed by atoms with Crippen LogP contribution in [0.1, 0.15) is 36.0 Å². The Labute approximate surface area is 229 Å². The number of aromatic hydroxyl groups is 1. The van der Waals surface area contributed by atoms with Gasteiger partial charge in [0, 0.05) is 36.6 Å². The molecule has 4 N–H and O–H groups in total. The number of ketones is 1. The molecule has 1 saturated carbocycles. The van der Waals surface area contributed by atoms with Crippen LogP contribution in [0.3, 0.4) is 0 Å². The fourth-order valence-corrected chi connectivity index (χ4v) is 5.27. The molecule has 0 atom stereocenters. The second-order valence-electron chi connectivity index (χ2n) is 9.93. The van der Waals surface area contributed by atoms with Gasteiger partial charge in [-0.3, -0.25) is 9.78 Å². The lowest BCUT2D eigenvalue weighted by Crippen LogP contribution is -2.40. The van der Waals surface area contributed by atoms with Gasteiger partial charge in [0.05, 0.1) is 44.9 Å². The minimum absolute atomic E-state index is 0.0248. The first-order valence-electron chi connectivity index (χ1n) is 12.6. The van der Waals surface area contributed by atoms with Crippen molar-refractivity contribution in [2.75, 3.05) is 23.3 Å². The number of phenols is 1. The normalized spacial score (nSPS) is 16.1. The monoisotopic (exact) mass is 548 g/mol. The second-order valence-corrected chi connectivity index (χ2v) is 10.7. The van der Waals surface area contributed by atoms with Crippen LogP contribution in [0.25, 0.3) is 22.0 Å². The first-order valence-corrected chi connectivity index (χ1v) is 13.4.